The maximum atomic E-state index is 11.8. The molecule has 0 saturated heterocycles. The summed E-state index contributed by atoms with van der Waals surface area (Å²) < 4.78 is 0. The lowest BCUT2D eigenvalue weighted by Crippen LogP contribution is -2.42. The lowest BCUT2D eigenvalue weighted by molar-refractivity contribution is -0.143. The number of carboxylic acids is 1. The summed E-state index contributed by atoms with van der Waals surface area (Å²) in [4.78, 5) is 22.7. The van der Waals surface area contributed by atoms with Crippen molar-refractivity contribution in [2.45, 2.75) is 58.4 Å². The maximum Gasteiger partial charge on any atom is 0.306 e. The first kappa shape index (κ1) is 14.0. The Hall–Kier alpha value is -1.06. The van der Waals surface area contributed by atoms with Gasteiger partial charge in [-0.25, -0.2) is 0 Å². The summed E-state index contributed by atoms with van der Waals surface area (Å²) in [5.74, 6) is -0.908. The third-order valence-corrected chi connectivity index (χ3v) is 3.54. The molecule has 4 heteroatoms. The Labute approximate surface area is 103 Å². The minimum atomic E-state index is -0.731. The number of hydrogen-bond acceptors (Lipinski definition) is 2. The summed E-state index contributed by atoms with van der Waals surface area (Å²) in [6.07, 6.45) is 5.02. The normalized spacial score (nSPS) is 26.2. The zero-order valence-corrected chi connectivity index (χ0v) is 10.7. The number of rotatable bonds is 5. The fraction of sp³-hybridized carbons (Fsp3) is 0.846. The second-order valence-corrected chi connectivity index (χ2v) is 5.10. The minimum absolute atomic E-state index is 0.0326. The van der Waals surface area contributed by atoms with Crippen LogP contribution >= 0.6 is 0 Å². The van der Waals surface area contributed by atoms with E-state index in [1.54, 1.807) is 0 Å². The van der Waals surface area contributed by atoms with Crippen molar-refractivity contribution >= 4 is 11.9 Å². The van der Waals surface area contributed by atoms with Crippen LogP contribution < -0.4 is 5.32 Å². The Kier molecular flexibility index (Phi) is 5.45. The van der Waals surface area contributed by atoms with Crippen LogP contribution in [0.25, 0.3) is 0 Å². The van der Waals surface area contributed by atoms with Crippen molar-refractivity contribution in [3.8, 4) is 0 Å². The Morgan fingerprint density at radius 2 is 2.12 bits per heavy atom. The summed E-state index contributed by atoms with van der Waals surface area (Å²) in [6.45, 7) is 3.99. The number of hydrogen-bond donors (Lipinski definition) is 2. The Morgan fingerprint density at radius 3 is 2.71 bits per heavy atom. The van der Waals surface area contributed by atoms with Crippen molar-refractivity contribution in [3.63, 3.8) is 0 Å². The molecule has 0 radical (unpaired) electrons. The predicted octanol–water partition coefficient (Wildman–Crippen LogP) is 2.18. The molecule has 3 unspecified atom stereocenters. The van der Waals surface area contributed by atoms with Crippen LogP contribution in [0.1, 0.15) is 52.4 Å². The smallest absolute Gasteiger partial charge is 0.306 e. The van der Waals surface area contributed by atoms with Gasteiger partial charge in [-0.3, -0.25) is 9.59 Å². The van der Waals surface area contributed by atoms with Crippen molar-refractivity contribution in [3.05, 3.63) is 0 Å². The second kappa shape index (κ2) is 6.62. The lowest BCUT2D eigenvalue weighted by Gasteiger charge is -2.28. The SMILES string of the molecule is CCCC(C)C(=O)NC1CCCC(C(=O)O)C1. The molecule has 0 aromatic carbocycles. The van der Waals surface area contributed by atoms with E-state index in [0.717, 1.165) is 32.1 Å². The highest BCUT2D eigenvalue weighted by Crippen LogP contribution is 2.24. The van der Waals surface area contributed by atoms with Gasteiger partial charge in [-0.05, 0) is 25.7 Å². The van der Waals surface area contributed by atoms with E-state index in [4.69, 9.17) is 5.11 Å². The molecular formula is C13H23NO3. The third kappa shape index (κ3) is 4.36. The van der Waals surface area contributed by atoms with Gasteiger partial charge in [-0.2, -0.15) is 0 Å². The van der Waals surface area contributed by atoms with E-state index < -0.39 is 5.97 Å². The van der Waals surface area contributed by atoms with E-state index in [-0.39, 0.29) is 23.8 Å². The number of carbonyl (C=O) groups is 2. The molecule has 1 aliphatic rings. The second-order valence-electron chi connectivity index (χ2n) is 5.10. The predicted molar refractivity (Wildman–Crippen MR) is 65.6 cm³/mol. The van der Waals surface area contributed by atoms with Gasteiger partial charge >= 0.3 is 5.97 Å². The molecule has 1 fully saturated rings. The molecule has 1 aliphatic carbocycles. The summed E-state index contributed by atoms with van der Waals surface area (Å²) in [5.41, 5.74) is 0. The van der Waals surface area contributed by atoms with Crippen molar-refractivity contribution in [2.75, 3.05) is 0 Å². The van der Waals surface area contributed by atoms with Crippen LogP contribution in [0.5, 0.6) is 0 Å². The first-order valence-electron chi connectivity index (χ1n) is 6.57. The molecule has 0 aromatic heterocycles. The molecule has 0 heterocycles. The molecule has 0 aliphatic heterocycles. The topological polar surface area (TPSA) is 66.4 Å². The van der Waals surface area contributed by atoms with Crippen LogP contribution in [-0.2, 0) is 9.59 Å². The molecule has 2 N–H and O–H groups in total. The largest absolute Gasteiger partial charge is 0.481 e. The van der Waals surface area contributed by atoms with Gasteiger partial charge in [-0.15, -0.1) is 0 Å². The van der Waals surface area contributed by atoms with Gasteiger partial charge in [0, 0.05) is 12.0 Å². The third-order valence-electron chi connectivity index (χ3n) is 3.54. The average molecular weight is 241 g/mol. The molecule has 98 valence electrons. The van der Waals surface area contributed by atoms with E-state index in [1.807, 2.05) is 6.92 Å². The van der Waals surface area contributed by atoms with E-state index in [1.165, 1.54) is 0 Å². The van der Waals surface area contributed by atoms with E-state index in [9.17, 15) is 9.59 Å². The number of aliphatic carboxylic acids is 1. The summed E-state index contributed by atoms with van der Waals surface area (Å²) in [7, 11) is 0. The maximum absolute atomic E-state index is 11.8. The molecule has 0 aromatic rings. The Balaban J connectivity index is 2.40. The highest BCUT2D eigenvalue weighted by atomic mass is 16.4. The van der Waals surface area contributed by atoms with E-state index in [2.05, 4.69) is 12.2 Å². The molecule has 17 heavy (non-hydrogen) atoms. The van der Waals surface area contributed by atoms with Crippen molar-refractivity contribution in [2.24, 2.45) is 11.8 Å². The van der Waals surface area contributed by atoms with Crippen LogP contribution in [0.2, 0.25) is 0 Å². The molecule has 0 spiro atoms. The van der Waals surface area contributed by atoms with E-state index >= 15 is 0 Å². The molecular weight excluding hydrogens is 218 g/mol. The van der Waals surface area contributed by atoms with Crippen molar-refractivity contribution in [1.82, 2.24) is 5.32 Å². The highest BCUT2D eigenvalue weighted by Gasteiger charge is 2.28. The van der Waals surface area contributed by atoms with Crippen molar-refractivity contribution in [1.29, 1.82) is 0 Å². The van der Waals surface area contributed by atoms with Gasteiger partial charge in [0.1, 0.15) is 0 Å². The monoisotopic (exact) mass is 241 g/mol. The molecule has 1 saturated carbocycles. The zero-order valence-electron chi connectivity index (χ0n) is 10.7. The fourth-order valence-corrected chi connectivity index (χ4v) is 2.45. The summed E-state index contributed by atoms with van der Waals surface area (Å²) in [6, 6.07) is 0.0525. The van der Waals surface area contributed by atoms with E-state index in [0.29, 0.717) is 6.42 Å². The zero-order chi connectivity index (χ0) is 12.8. The molecule has 1 amide bonds. The summed E-state index contributed by atoms with van der Waals surface area (Å²) >= 11 is 0. The number of carbonyl (C=O) groups excluding carboxylic acids is 1. The van der Waals surface area contributed by atoms with Crippen LogP contribution in [0.15, 0.2) is 0 Å². The van der Waals surface area contributed by atoms with Gasteiger partial charge < -0.3 is 10.4 Å². The van der Waals surface area contributed by atoms with Crippen LogP contribution in [0, 0.1) is 11.8 Å². The van der Waals surface area contributed by atoms with Crippen LogP contribution in [0.3, 0.4) is 0 Å². The van der Waals surface area contributed by atoms with Gasteiger partial charge in [0.15, 0.2) is 0 Å². The Bertz CT molecular complexity index is 278. The minimum Gasteiger partial charge on any atom is -0.481 e. The van der Waals surface area contributed by atoms with Crippen molar-refractivity contribution < 1.29 is 14.7 Å². The van der Waals surface area contributed by atoms with Gasteiger partial charge in [0.05, 0.1) is 5.92 Å². The molecule has 1 rings (SSSR count). The van der Waals surface area contributed by atoms with Crippen LogP contribution in [-0.4, -0.2) is 23.0 Å². The van der Waals surface area contributed by atoms with Gasteiger partial charge in [-0.1, -0.05) is 26.7 Å². The average Bonchev–Trinajstić information content (AvgIpc) is 2.29. The number of nitrogens with one attached hydrogen (secondary N) is 1. The molecule has 4 nitrogen and oxygen atoms in total. The van der Waals surface area contributed by atoms with Gasteiger partial charge in [0.25, 0.3) is 0 Å². The van der Waals surface area contributed by atoms with Crippen LogP contribution in [0.4, 0.5) is 0 Å². The summed E-state index contributed by atoms with van der Waals surface area (Å²) in [5, 5.41) is 12.0. The molecule has 3 atom stereocenters. The van der Waals surface area contributed by atoms with Gasteiger partial charge in [0.2, 0.25) is 5.91 Å². The standard InChI is InChI=1S/C13H23NO3/c1-3-5-9(2)12(15)14-11-7-4-6-10(8-11)13(16)17/h9-11H,3-8H2,1-2H3,(H,14,15)(H,16,17). The highest BCUT2D eigenvalue weighted by molar-refractivity contribution is 5.78. The quantitative estimate of drug-likeness (QED) is 0.775. The fourth-order valence-electron chi connectivity index (χ4n) is 2.45. The Morgan fingerprint density at radius 1 is 1.41 bits per heavy atom. The lowest BCUT2D eigenvalue weighted by atomic mass is 9.85. The first-order valence-corrected chi connectivity index (χ1v) is 6.57. The number of carboxylic acid groups (broad SMARTS) is 1. The number of amides is 1. The molecule has 0 bridgehead atoms. The first-order chi connectivity index (χ1) is 8.04.